The molecule has 2 heterocycles. The Morgan fingerprint density at radius 1 is 1.04 bits per heavy atom. The van der Waals surface area contributed by atoms with E-state index in [0.717, 1.165) is 16.8 Å². The molecule has 0 atom stereocenters. The monoisotopic (exact) mass is 353 g/mol. The van der Waals surface area contributed by atoms with E-state index in [-0.39, 0.29) is 11.8 Å². The van der Waals surface area contributed by atoms with Gasteiger partial charge < -0.3 is 15.1 Å². The van der Waals surface area contributed by atoms with Gasteiger partial charge >= 0.3 is 0 Å². The summed E-state index contributed by atoms with van der Waals surface area (Å²) in [6, 6.07) is 7.62. The van der Waals surface area contributed by atoms with E-state index in [1.807, 2.05) is 36.9 Å². The Labute approximate surface area is 153 Å². The minimum atomic E-state index is -0.260. The molecule has 0 unspecified atom stereocenters. The molecule has 1 aromatic carbocycles. The smallest absolute Gasteiger partial charge is 0.274 e. The van der Waals surface area contributed by atoms with Crippen LogP contribution in [0.25, 0.3) is 0 Å². The maximum Gasteiger partial charge on any atom is 0.274 e. The predicted molar refractivity (Wildman–Crippen MR) is 100 cm³/mol. The number of aromatic nitrogens is 2. The molecular weight excluding hydrogens is 330 g/mol. The zero-order valence-electron chi connectivity index (χ0n) is 15.3. The number of anilines is 2. The van der Waals surface area contributed by atoms with Gasteiger partial charge in [-0.05, 0) is 31.0 Å². The number of amides is 2. The fourth-order valence-electron chi connectivity index (χ4n) is 2.95. The van der Waals surface area contributed by atoms with Gasteiger partial charge in [0.05, 0.1) is 0 Å². The van der Waals surface area contributed by atoms with Crippen molar-refractivity contribution in [2.45, 2.75) is 20.8 Å². The van der Waals surface area contributed by atoms with Crippen LogP contribution in [0.3, 0.4) is 0 Å². The first-order valence-corrected chi connectivity index (χ1v) is 8.65. The molecule has 7 nitrogen and oxygen atoms in total. The van der Waals surface area contributed by atoms with Gasteiger partial charge in [-0.2, -0.15) is 0 Å². The van der Waals surface area contributed by atoms with Crippen molar-refractivity contribution in [3.05, 3.63) is 47.4 Å². The van der Waals surface area contributed by atoms with E-state index in [4.69, 9.17) is 0 Å². The second kappa shape index (κ2) is 7.51. The summed E-state index contributed by atoms with van der Waals surface area (Å²) in [7, 11) is 0. The highest BCUT2D eigenvalue weighted by molar-refractivity contribution is 6.03. The quantitative estimate of drug-likeness (QED) is 0.913. The molecule has 7 heteroatoms. The molecule has 1 aromatic heterocycles. The van der Waals surface area contributed by atoms with Crippen LogP contribution >= 0.6 is 0 Å². The highest BCUT2D eigenvalue weighted by Crippen LogP contribution is 2.18. The topological polar surface area (TPSA) is 78.4 Å². The van der Waals surface area contributed by atoms with Gasteiger partial charge in [-0.3, -0.25) is 9.59 Å². The lowest BCUT2D eigenvalue weighted by atomic mass is 10.1. The van der Waals surface area contributed by atoms with Crippen molar-refractivity contribution in [2.24, 2.45) is 0 Å². The first-order chi connectivity index (χ1) is 12.4. The van der Waals surface area contributed by atoms with E-state index in [1.54, 1.807) is 13.0 Å². The molecule has 1 fully saturated rings. The first kappa shape index (κ1) is 17.8. The summed E-state index contributed by atoms with van der Waals surface area (Å²) in [4.78, 5) is 36.3. The van der Waals surface area contributed by atoms with Crippen LogP contribution in [0, 0.1) is 13.8 Å². The average Bonchev–Trinajstić information content (AvgIpc) is 2.65. The van der Waals surface area contributed by atoms with Crippen molar-refractivity contribution in [2.75, 3.05) is 36.4 Å². The Balaban J connectivity index is 1.72. The van der Waals surface area contributed by atoms with E-state index < -0.39 is 0 Å². The number of carbonyl (C=O) groups excluding carboxylic acids is 2. The third-order valence-electron chi connectivity index (χ3n) is 4.58. The van der Waals surface area contributed by atoms with E-state index in [1.165, 1.54) is 6.33 Å². The highest BCUT2D eigenvalue weighted by atomic mass is 16.2. The number of nitrogens with one attached hydrogen (secondary N) is 1. The minimum absolute atomic E-state index is 0.0842. The summed E-state index contributed by atoms with van der Waals surface area (Å²) in [5, 5.41) is 2.92. The highest BCUT2D eigenvalue weighted by Gasteiger charge is 2.20. The molecule has 3 rings (SSSR count). The number of carbonyl (C=O) groups is 2. The van der Waals surface area contributed by atoms with Gasteiger partial charge in [-0.25, -0.2) is 9.97 Å². The lowest BCUT2D eigenvalue weighted by molar-refractivity contribution is -0.129. The number of hydrogen-bond donors (Lipinski definition) is 1. The summed E-state index contributed by atoms with van der Waals surface area (Å²) in [5.74, 6) is 0.528. The molecule has 2 amide bonds. The van der Waals surface area contributed by atoms with Crippen molar-refractivity contribution in [3.8, 4) is 0 Å². The summed E-state index contributed by atoms with van der Waals surface area (Å²) in [6.07, 6.45) is 1.41. The van der Waals surface area contributed by atoms with Gasteiger partial charge in [0.15, 0.2) is 0 Å². The molecule has 0 bridgehead atoms. The van der Waals surface area contributed by atoms with Gasteiger partial charge in [-0.15, -0.1) is 0 Å². The second-order valence-electron chi connectivity index (χ2n) is 6.53. The van der Waals surface area contributed by atoms with Crippen LogP contribution in [0.1, 0.15) is 28.5 Å². The van der Waals surface area contributed by atoms with Crippen LogP contribution in [0.5, 0.6) is 0 Å². The number of benzene rings is 1. The Bertz CT molecular complexity index is 828. The van der Waals surface area contributed by atoms with E-state index in [0.29, 0.717) is 37.7 Å². The third kappa shape index (κ3) is 3.99. The summed E-state index contributed by atoms with van der Waals surface area (Å²) in [5.41, 5.74) is 3.19. The third-order valence-corrected chi connectivity index (χ3v) is 4.58. The van der Waals surface area contributed by atoms with Crippen molar-refractivity contribution >= 4 is 23.3 Å². The Morgan fingerprint density at radius 3 is 2.46 bits per heavy atom. The number of nitrogens with zero attached hydrogens (tertiary/aromatic N) is 4. The van der Waals surface area contributed by atoms with Crippen molar-refractivity contribution in [1.82, 2.24) is 14.9 Å². The average molecular weight is 353 g/mol. The van der Waals surface area contributed by atoms with Gasteiger partial charge in [0, 0.05) is 44.9 Å². The molecule has 0 aliphatic carbocycles. The fourth-order valence-corrected chi connectivity index (χ4v) is 2.95. The molecule has 2 aromatic rings. The van der Waals surface area contributed by atoms with Crippen LogP contribution < -0.4 is 10.2 Å². The molecule has 26 heavy (non-hydrogen) atoms. The second-order valence-corrected chi connectivity index (χ2v) is 6.53. The molecule has 0 spiro atoms. The molecule has 1 saturated heterocycles. The van der Waals surface area contributed by atoms with Gasteiger partial charge in [0.1, 0.15) is 17.8 Å². The van der Waals surface area contributed by atoms with Crippen LogP contribution in [0.15, 0.2) is 30.6 Å². The van der Waals surface area contributed by atoms with E-state index in [9.17, 15) is 9.59 Å². The zero-order valence-corrected chi connectivity index (χ0v) is 15.3. The molecule has 1 N–H and O–H groups in total. The molecule has 136 valence electrons. The summed E-state index contributed by atoms with van der Waals surface area (Å²) < 4.78 is 0. The maximum absolute atomic E-state index is 12.6. The van der Waals surface area contributed by atoms with Gasteiger partial charge in [-0.1, -0.05) is 12.1 Å². The molecule has 1 aliphatic rings. The van der Waals surface area contributed by atoms with Crippen molar-refractivity contribution in [3.63, 3.8) is 0 Å². The van der Waals surface area contributed by atoms with E-state index >= 15 is 0 Å². The maximum atomic E-state index is 12.6. The summed E-state index contributed by atoms with van der Waals surface area (Å²) in [6.45, 7) is 8.21. The fraction of sp³-hybridized carbons (Fsp3) is 0.368. The van der Waals surface area contributed by atoms with Crippen molar-refractivity contribution in [1.29, 1.82) is 0 Å². The minimum Gasteiger partial charge on any atom is -0.353 e. The van der Waals surface area contributed by atoms with Crippen LogP contribution in [0.4, 0.5) is 11.5 Å². The predicted octanol–water partition coefficient (Wildman–Crippen LogP) is 2.01. The Morgan fingerprint density at radius 2 is 1.77 bits per heavy atom. The summed E-state index contributed by atoms with van der Waals surface area (Å²) >= 11 is 0. The lowest BCUT2D eigenvalue weighted by Gasteiger charge is -2.34. The molecular formula is C19H23N5O2. The normalized spacial score (nSPS) is 14.3. The zero-order chi connectivity index (χ0) is 18.7. The van der Waals surface area contributed by atoms with Crippen LogP contribution in [-0.4, -0.2) is 52.9 Å². The number of hydrogen-bond acceptors (Lipinski definition) is 5. The Hall–Kier alpha value is -2.96. The molecule has 1 aliphatic heterocycles. The number of rotatable bonds is 3. The molecule has 0 radical (unpaired) electrons. The van der Waals surface area contributed by atoms with E-state index in [2.05, 4.69) is 20.2 Å². The standard InChI is InChI=1S/C19H23N5O2/c1-13-4-5-14(2)16(10-13)22-19(26)17-11-18(21-12-20-17)24-8-6-23(7-9-24)15(3)25/h4-5,10-12H,6-9H2,1-3H3,(H,22,26). The number of piperazine rings is 1. The Kier molecular flexibility index (Phi) is 5.16. The van der Waals surface area contributed by atoms with Crippen molar-refractivity contribution < 1.29 is 9.59 Å². The number of aryl methyl sites for hydroxylation is 2. The van der Waals surface area contributed by atoms with Gasteiger partial charge in [0.25, 0.3) is 5.91 Å². The van der Waals surface area contributed by atoms with Crippen LogP contribution in [0.2, 0.25) is 0 Å². The van der Waals surface area contributed by atoms with Crippen LogP contribution in [-0.2, 0) is 4.79 Å². The SMILES string of the molecule is CC(=O)N1CCN(c2cc(C(=O)Nc3cc(C)ccc3C)ncn2)CC1. The molecule has 0 saturated carbocycles. The largest absolute Gasteiger partial charge is 0.353 e. The first-order valence-electron chi connectivity index (χ1n) is 8.65. The lowest BCUT2D eigenvalue weighted by Crippen LogP contribution is -2.48. The van der Waals surface area contributed by atoms with Gasteiger partial charge in [0.2, 0.25) is 5.91 Å².